The Balaban J connectivity index is 0.00000261. The van der Waals surface area contributed by atoms with Gasteiger partial charge in [0.15, 0.2) is 0 Å². The lowest BCUT2D eigenvalue weighted by atomic mass is 9.88. The van der Waals surface area contributed by atoms with Crippen molar-refractivity contribution in [3.63, 3.8) is 0 Å². The van der Waals surface area contributed by atoms with Gasteiger partial charge in [0.1, 0.15) is 11.9 Å². The molecule has 0 unspecified atom stereocenters. The fourth-order valence-electron chi connectivity index (χ4n) is 3.59. The smallest absolute Gasteiger partial charge is 0.253 e. The molecular weight excluding hydrogens is 373 g/mol. The number of nitrogens with one attached hydrogen (secondary N) is 2. The van der Waals surface area contributed by atoms with Crippen LogP contribution in [0.1, 0.15) is 44.9 Å². The van der Waals surface area contributed by atoms with Gasteiger partial charge in [0.05, 0.1) is 11.8 Å². The van der Waals surface area contributed by atoms with Gasteiger partial charge in [0.2, 0.25) is 5.91 Å². The number of nitrogens with two attached hydrogens (primary N) is 1. The van der Waals surface area contributed by atoms with Crippen LogP contribution in [0.4, 0.5) is 15.8 Å². The molecule has 1 heterocycles. The van der Waals surface area contributed by atoms with Gasteiger partial charge in [0.25, 0.3) is 5.91 Å². The highest BCUT2D eigenvalue weighted by molar-refractivity contribution is 5.96. The van der Waals surface area contributed by atoms with Crippen LogP contribution in [0, 0.1) is 11.7 Å². The molecule has 8 heteroatoms. The first kappa shape index (κ1) is 21.6. The second-order valence-electron chi connectivity index (χ2n) is 7.07. The predicted molar refractivity (Wildman–Crippen MR) is 104 cm³/mol. The molecule has 6 nitrogen and oxygen atoms in total. The summed E-state index contributed by atoms with van der Waals surface area (Å²) in [7, 11) is 0. The van der Waals surface area contributed by atoms with Crippen molar-refractivity contribution in [1.29, 1.82) is 0 Å². The summed E-state index contributed by atoms with van der Waals surface area (Å²) in [4.78, 5) is 24.6. The Kier molecular flexibility index (Phi) is 8.01. The maximum absolute atomic E-state index is 14.1. The number of carbonyl (C=O) groups excluding carboxylic acids is 2. The quantitative estimate of drug-likeness (QED) is 0.708. The molecule has 2 aliphatic rings. The molecular formula is C19H27ClFN3O3. The van der Waals surface area contributed by atoms with Crippen LogP contribution in [0.15, 0.2) is 18.2 Å². The minimum atomic E-state index is -0.547. The normalized spacial score (nSPS) is 22.7. The number of benzene rings is 1. The Morgan fingerprint density at radius 1 is 1.07 bits per heavy atom. The van der Waals surface area contributed by atoms with Crippen molar-refractivity contribution in [2.45, 2.75) is 57.2 Å². The van der Waals surface area contributed by atoms with Gasteiger partial charge in [-0.1, -0.05) is 19.3 Å². The van der Waals surface area contributed by atoms with E-state index in [1.165, 1.54) is 18.2 Å². The van der Waals surface area contributed by atoms with E-state index in [1.54, 1.807) is 0 Å². The van der Waals surface area contributed by atoms with Gasteiger partial charge in [-0.2, -0.15) is 0 Å². The van der Waals surface area contributed by atoms with Crippen molar-refractivity contribution < 1.29 is 18.7 Å². The number of hydrogen-bond donors (Lipinski definition) is 3. The Hall–Kier alpha value is -1.70. The molecule has 2 amide bonds. The molecule has 0 aromatic heterocycles. The molecule has 1 saturated carbocycles. The average Bonchev–Trinajstić information content (AvgIpc) is 3.14. The zero-order chi connectivity index (χ0) is 18.5. The van der Waals surface area contributed by atoms with E-state index in [0.29, 0.717) is 18.7 Å². The first-order valence-electron chi connectivity index (χ1n) is 9.33. The van der Waals surface area contributed by atoms with Gasteiger partial charge in [-0.05, 0) is 43.9 Å². The number of halogens is 2. The number of hydrogen-bond acceptors (Lipinski definition) is 4. The third-order valence-corrected chi connectivity index (χ3v) is 5.13. The molecule has 0 spiro atoms. The molecule has 3 rings (SSSR count). The summed E-state index contributed by atoms with van der Waals surface area (Å²) in [6, 6.07) is 4.16. The maximum Gasteiger partial charge on any atom is 0.253 e. The molecule has 1 aliphatic heterocycles. The van der Waals surface area contributed by atoms with E-state index in [9.17, 15) is 14.0 Å². The van der Waals surface area contributed by atoms with E-state index >= 15 is 0 Å². The fraction of sp³-hybridized carbons (Fsp3) is 0.579. The summed E-state index contributed by atoms with van der Waals surface area (Å²) in [5, 5.41) is 5.39. The number of rotatable bonds is 5. The number of ether oxygens (including phenoxy) is 1. The van der Waals surface area contributed by atoms with E-state index in [4.69, 9.17) is 10.5 Å². The van der Waals surface area contributed by atoms with Crippen molar-refractivity contribution in [3.8, 4) is 0 Å². The third-order valence-electron chi connectivity index (χ3n) is 5.13. The fourth-order valence-corrected chi connectivity index (χ4v) is 3.59. The first-order valence-corrected chi connectivity index (χ1v) is 9.33. The van der Waals surface area contributed by atoms with Crippen molar-refractivity contribution in [2.75, 3.05) is 17.2 Å². The molecule has 1 aromatic rings. The van der Waals surface area contributed by atoms with Gasteiger partial charge in [-0.15, -0.1) is 12.4 Å². The lowest BCUT2D eigenvalue weighted by Crippen LogP contribution is -2.30. The molecule has 1 saturated heterocycles. The summed E-state index contributed by atoms with van der Waals surface area (Å²) >= 11 is 0. The van der Waals surface area contributed by atoms with Crippen molar-refractivity contribution in [1.82, 2.24) is 0 Å². The van der Waals surface area contributed by atoms with Gasteiger partial charge in [-0.3, -0.25) is 9.59 Å². The van der Waals surface area contributed by atoms with Gasteiger partial charge in [0, 0.05) is 18.2 Å². The maximum atomic E-state index is 14.1. The summed E-state index contributed by atoms with van der Waals surface area (Å²) in [5.41, 5.74) is 6.07. The average molecular weight is 400 g/mol. The Bertz CT molecular complexity index is 668. The van der Waals surface area contributed by atoms with Crippen LogP contribution in [0.5, 0.6) is 0 Å². The minimum Gasteiger partial charge on any atom is -0.364 e. The van der Waals surface area contributed by atoms with E-state index in [-0.39, 0.29) is 41.9 Å². The van der Waals surface area contributed by atoms with Gasteiger partial charge < -0.3 is 21.1 Å². The molecule has 0 radical (unpaired) electrons. The van der Waals surface area contributed by atoms with Crippen LogP contribution in [-0.4, -0.2) is 30.6 Å². The first-order chi connectivity index (χ1) is 12.6. The topological polar surface area (TPSA) is 93.5 Å². The lowest BCUT2D eigenvalue weighted by molar-refractivity contribution is -0.126. The monoisotopic (exact) mass is 399 g/mol. The largest absolute Gasteiger partial charge is 0.364 e. The molecule has 27 heavy (non-hydrogen) atoms. The Morgan fingerprint density at radius 3 is 2.48 bits per heavy atom. The predicted octanol–water partition coefficient (Wildman–Crippen LogP) is 3.21. The van der Waals surface area contributed by atoms with Gasteiger partial charge >= 0.3 is 0 Å². The molecule has 1 aromatic carbocycles. The second-order valence-corrected chi connectivity index (χ2v) is 7.07. The van der Waals surface area contributed by atoms with Crippen LogP contribution in [0.2, 0.25) is 0 Å². The highest BCUT2D eigenvalue weighted by atomic mass is 35.5. The minimum absolute atomic E-state index is 0. The Morgan fingerprint density at radius 2 is 1.81 bits per heavy atom. The lowest BCUT2D eigenvalue weighted by Gasteiger charge is -2.21. The number of amides is 2. The SMILES string of the molecule is Cl.NC[C@H]1CC[C@@H](C(=O)Nc2ccc(F)c(NC(=O)C3CCCCC3)c2)O1. The molecule has 2 atom stereocenters. The molecule has 4 N–H and O–H groups in total. The van der Waals surface area contributed by atoms with E-state index in [0.717, 1.165) is 38.5 Å². The zero-order valence-corrected chi connectivity index (χ0v) is 16.0. The van der Waals surface area contributed by atoms with E-state index < -0.39 is 11.9 Å². The van der Waals surface area contributed by atoms with Crippen LogP contribution < -0.4 is 16.4 Å². The highest BCUT2D eigenvalue weighted by Crippen LogP contribution is 2.27. The summed E-state index contributed by atoms with van der Waals surface area (Å²) in [6.45, 7) is 0.387. The number of anilines is 2. The van der Waals surface area contributed by atoms with Gasteiger partial charge in [-0.25, -0.2) is 4.39 Å². The molecule has 0 bridgehead atoms. The van der Waals surface area contributed by atoms with Crippen LogP contribution in [0.25, 0.3) is 0 Å². The molecule has 2 fully saturated rings. The molecule has 150 valence electrons. The third kappa shape index (κ3) is 5.64. The summed E-state index contributed by atoms with van der Waals surface area (Å²) in [5.74, 6) is -1.02. The zero-order valence-electron chi connectivity index (χ0n) is 15.2. The van der Waals surface area contributed by atoms with Crippen molar-refractivity contribution in [3.05, 3.63) is 24.0 Å². The van der Waals surface area contributed by atoms with E-state index in [1.807, 2.05) is 0 Å². The molecule has 1 aliphatic carbocycles. The van der Waals surface area contributed by atoms with Crippen LogP contribution >= 0.6 is 12.4 Å². The standard InChI is InChI=1S/C19H26FN3O3.ClH/c20-15-8-6-13(22-19(25)17-9-7-14(11-21)26-17)10-16(15)23-18(24)12-4-2-1-3-5-12;/h6,8,10,12,14,17H,1-5,7,9,11,21H2,(H,22,25)(H,23,24);1H/t14-,17+;/m1./s1. The number of carbonyl (C=O) groups is 2. The van der Waals surface area contributed by atoms with Crippen molar-refractivity contribution in [2.24, 2.45) is 11.7 Å². The summed E-state index contributed by atoms with van der Waals surface area (Å²) < 4.78 is 19.6. The van der Waals surface area contributed by atoms with Crippen LogP contribution in [-0.2, 0) is 14.3 Å². The highest BCUT2D eigenvalue weighted by Gasteiger charge is 2.30. The second kappa shape index (κ2) is 10.0. The van der Waals surface area contributed by atoms with E-state index in [2.05, 4.69) is 10.6 Å². The summed E-state index contributed by atoms with van der Waals surface area (Å²) in [6.07, 6.45) is 5.60. The Labute approximate surface area is 164 Å². The van der Waals surface area contributed by atoms with Crippen molar-refractivity contribution >= 4 is 35.6 Å². The van der Waals surface area contributed by atoms with Crippen LogP contribution in [0.3, 0.4) is 0 Å².